The van der Waals surface area contributed by atoms with Crippen molar-refractivity contribution in [3.8, 4) is 11.5 Å². The van der Waals surface area contributed by atoms with E-state index < -0.39 is 0 Å². The first-order chi connectivity index (χ1) is 11.7. The molecule has 0 fully saturated rings. The molecule has 0 saturated carbocycles. The minimum absolute atomic E-state index is 0.119. The number of hydrogen-bond donors (Lipinski definition) is 1. The van der Waals surface area contributed by atoms with Crippen LogP contribution in [0.4, 0.5) is 4.39 Å². The molecule has 0 aliphatic heterocycles. The molecule has 0 bridgehead atoms. The molecule has 1 unspecified atom stereocenters. The highest BCUT2D eigenvalue weighted by atomic mass is 19.1. The van der Waals surface area contributed by atoms with Crippen molar-refractivity contribution in [3.05, 3.63) is 70.8 Å². The summed E-state index contributed by atoms with van der Waals surface area (Å²) < 4.78 is 18.6. The maximum absolute atomic E-state index is 13.3. The molecule has 2 aromatic carbocycles. The number of aryl methyl sites for hydroxylation is 1. The fourth-order valence-electron chi connectivity index (χ4n) is 3.26. The highest BCUT2D eigenvalue weighted by molar-refractivity contribution is 5.56. The average Bonchev–Trinajstić information content (AvgIpc) is 3.03. The summed E-state index contributed by atoms with van der Waals surface area (Å²) in [4.78, 5) is 4.44. The Morgan fingerprint density at radius 2 is 2.12 bits per heavy atom. The van der Waals surface area contributed by atoms with Gasteiger partial charge in [-0.25, -0.2) is 4.39 Å². The van der Waals surface area contributed by atoms with Crippen LogP contribution in [0.15, 0.2) is 47.0 Å². The number of nitrogens with zero attached hydrogens (tertiary/aromatic N) is 2. The molecule has 1 heterocycles. The average molecular weight is 323 g/mol. The van der Waals surface area contributed by atoms with E-state index in [0.29, 0.717) is 18.1 Å². The van der Waals surface area contributed by atoms with Gasteiger partial charge in [0.15, 0.2) is 5.82 Å². The van der Waals surface area contributed by atoms with E-state index in [1.807, 2.05) is 12.1 Å². The fourth-order valence-corrected chi connectivity index (χ4v) is 3.26. The molecule has 5 heteroatoms. The molecule has 4 nitrogen and oxygen atoms in total. The van der Waals surface area contributed by atoms with Gasteiger partial charge in [-0.15, -0.1) is 0 Å². The van der Waals surface area contributed by atoms with E-state index in [1.54, 1.807) is 6.07 Å². The molecule has 3 aromatic rings. The summed E-state index contributed by atoms with van der Waals surface area (Å²) in [7, 11) is 0. The first kappa shape index (κ1) is 15.0. The molecule has 1 atom stereocenters. The van der Waals surface area contributed by atoms with Gasteiger partial charge in [0.2, 0.25) is 0 Å². The van der Waals surface area contributed by atoms with Crippen molar-refractivity contribution >= 4 is 0 Å². The minimum Gasteiger partial charge on any atom is -0.334 e. The summed E-state index contributed by atoms with van der Waals surface area (Å²) in [5.41, 5.74) is 10.3. The Bertz CT molecular complexity index is 875. The number of rotatable bonds is 3. The summed E-state index contributed by atoms with van der Waals surface area (Å²) in [6, 6.07) is 12.7. The zero-order chi connectivity index (χ0) is 16.5. The SMILES string of the molecule is NC1CCCc2cc(-c3nc(Cc4cccc(F)c4)no3)ccc21. The van der Waals surface area contributed by atoms with Crippen molar-refractivity contribution in [3.63, 3.8) is 0 Å². The van der Waals surface area contributed by atoms with Crippen molar-refractivity contribution in [1.82, 2.24) is 10.1 Å². The lowest BCUT2D eigenvalue weighted by molar-refractivity contribution is 0.423. The second-order valence-electron chi connectivity index (χ2n) is 6.23. The Morgan fingerprint density at radius 1 is 1.21 bits per heavy atom. The van der Waals surface area contributed by atoms with E-state index in [4.69, 9.17) is 10.3 Å². The van der Waals surface area contributed by atoms with E-state index in [9.17, 15) is 4.39 Å². The van der Waals surface area contributed by atoms with Gasteiger partial charge in [0.05, 0.1) is 0 Å². The molecule has 0 amide bonds. The molecule has 1 aliphatic carbocycles. The molecule has 0 saturated heterocycles. The zero-order valence-corrected chi connectivity index (χ0v) is 13.2. The zero-order valence-electron chi connectivity index (χ0n) is 13.2. The van der Waals surface area contributed by atoms with E-state index in [-0.39, 0.29) is 11.9 Å². The third kappa shape index (κ3) is 2.95. The first-order valence-electron chi connectivity index (χ1n) is 8.15. The maximum atomic E-state index is 13.3. The minimum atomic E-state index is -0.262. The third-order valence-corrected chi connectivity index (χ3v) is 4.47. The predicted molar refractivity (Wildman–Crippen MR) is 88.8 cm³/mol. The highest BCUT2D eigenvalue weighted by Crippen LogP contribution is 2.31. The summed E-state index contributed by atoms with van der Waals surface area (Å²) >= 11 is 0. The van der Waals surface area contributed by atoms with Crippen LogP contribution in [0.2, 0.25) is 0 Å². The number of benzene rings is 2. The largest absolute Gasteiger partial charge is 0.334 e. The summed E-state index contributed by atoms with van der Waals surface area (Å²) in [5.74, 6) is 0.774. The van der Waals surface area contributed by atoms with Crippen LogP contribution in [0.5, 0.6) is 0 Å². The van der Waals surface area contributed by atoms with E-state index in [1.165, 1.54) is 23.3 Å². The van der Waals surface area contributed by atoms with Gasteiger partial charge in [-0.1, -0.05) is 23.4 Å². The number of halogens is 1. The van der Waals surface area contributed by atoms with Crippen LogP contribution in [-0.2, 0) is 12.8 Å². The standard InChI is InChI=1S/C19H18FN3O/c20-15-5-1-3-12(9-15)10-18-22-19(24-23-18)14-7-8-16-13(11-14)4-2-6-17(16)21/h1,3,5,7-9,11,17H,2,4,6,10,21H2. The second kappa shape index (κ2) is 6.17. The Kier molecular flexibility index (Phi) is 3.86. The Hall–Kier alpha value is -2.53. The van der Waals surface area contributed by atoms with Crippen molar-refractivity contribution in [2.75, 3.05) is 0 Å². The molecule has 0 radical (unpaired) electrons. The fraction of sp³-hybridized carbons (Fsp3) is 0.263. The summed E-state index contributed by atoms with van der Waals surface area (Å²) in [6.45, 7) is 0. The molecule has 4 rings (SSSR count). The van der Waals surface area contributed by atoms with Gasteiger partial charge in [-0.3, -0.25) is 0 Å². The van der Waals surface area contributed by atoms with Crippen LogP contribution < -0.4 is 5.73 Å². The second-order valence-corrected chi connectivity index (χ2v) is 6.23. The van der Waals surface area contributed by atoms with Gasteiger partial charge in [0, 0.05) is 18.0 Å². The monoisotopic (exact) mass is 323 g/mol. The van der Waals surface area contributed by atoms with Gasteiger partial charge in [-0.2, -0.15) is 4.98 Å². The van der Waals surface area contributed by atoms with Crippen molar-refractivity contribution in [2.24, 2.45) is 5.73 Å². The molecule has 24 heavy (non-hydrogen) atoms. The van der Waals surface area contributed by atoms with Crippen LogP contribution in [0, 0.1) is 5.82 Å². The summed E-state index contributed by atoms with van der Waals surface area (Å²) in [6.07, 6.45) is 3.61. The molecule has 1 aromatic heterocycles. The van der Waals surface area contributed by atoms with Crippen LogP contribution in [0.1, 0.15) is 41.4 Å². The number of nitrogens with two attached hydrogens (primary N) is 1. The first-order valence-corrected chi connectivity index (χ1v) is 8.15. The lowest BCUT2D eigenvalue weighted by atomic mass is 9.87. The van der Waals surface area contributed by atoms with Crippen LogP contribution in [0.3, 0.4) is 0 Å². The van der Waals surface area contributed by atoms with Crippen molar-refractivity contribution < 1.29 is 8.91 Å². The number of hydrogen-bond acceptors (Lipinski definition) is 4. The van der Waals surface area contributed by atoms with Crippen molar-refractivity contribution in [2.45, 2.75) is 31.7 Å². The molecule has 1 aliphatic rings. The van der Waals surface area contributed by atoms with Crippen molar-refractivity contribution in [1.29, 1.82) is 0 Å². The normalized spacial score (nSPS) is 16.8. The van der Waals surface area contributed by atoms with Crippen LogP contribution in [0.25, 0.3) is 11.5 Å². The lowest BCUT2D eigenvalue weighted by Gasteiger charge is -2.22. The summed E-state index contributed by atoms with van der Waals surface area (Å²) in [5, 5.41) is 4.01. The maximum Gasteiger partial charge on any atom is 0.257 e. The Morgan fingerprint density at radius 3 is 3.00 bits per heavy atom. The molecule has 122 valence electrons. The van der Waals surface area contributed by atoms with Gasteiger partial charge >= 0.3 is 0 Å². The molecule has 2 N–H and O–H groups in total. The van der Waals surface area contributed by atoms with Crippen LogP contribution in [-0.4, -0.2) is 10.1 Å². The molecule has 0 spiro atoms. The Labute approximate surface area is 139 Å². The predicted octanol–water partition coefficient (Wildman–Crippen LogP) is 3.80. The third-order valence-electron chi connectivity index (χ3n) is 4.47. The highest BCUT2D eigenvalue weighted by Gasteiger charge is 2.18. The van der Waals surface area contributed by atoms with Gasteiger partial charge in [0.1, 0.15) is 5.82 Å². The lowest BCUT2D eigenvalue weighted by Crippen LogP contribution is -2.17. The molecular formula is C19H18FN3O. The van der Waals surface area contributed by atoms with Crippen LogP contribution >= 0.6 is 0 Å². The Balaban J connectivity index is 1.59. The molecular weight excluding hydrogens is 305 g/mol. The topological polar surface area (TPSA) is 64.9 Å². The van der Waals surface area contributed by atoms with E-state index in [0.717, 1.165) is 30.4 Å². The van der Waals surface area contributed by atoms with E-state index >= 15 is 0 Å². The smallest absolute Gasteiger partial charge is 0.257 e. The van der Waals surface area contributed by atoms with E-state index in [2.05, 4.69) is 22.3 Å². The van der Waals surface area contributed by atoms with Gasteiger partial charge in [0.25, 0.3) is 5.89 Å². The van der Waals surface area contributed by atoms with Gasteiger partial charge in [-0.05, 0) is 60.2 Å². The number of aromatic nitrogens is 2. The number of fused-ring (bicyclic) bond motifs is 1. The van der Waals surface area contributed by atoms with Gasteiger partial charge < -0.3 is 10.3 Å². The quantitative estimate of drug-likeness (QED) is 0.796.